The average Bonchev–Trinajstić information content (AvgIpc) is 3.19. The first-order chi connectivity index (χ1) is 14.2. The highest BCUT2D eigenvalue weighted by Crippen LogP contribution is 2.33. The predicted octanol–water partition coefficient (Wildman–Crippen LogP) is 3.38. The van der Waals surface area contributed by atoms with E-state index in [2.05, 4.69) is 32.7 Å². The van der Waals surface area contributed by atoms with Crippen molar-refractivity contribution < 1.29 is 9.47 Å². The number of rotatable bonds is 6. The fourth-order valence-corrected chi connectivity index (χ4v) is 3.81. The van der Waals surface area contributed by atoms with E-state index < -0.39 is 0 Å². The number of hydrogen-bond donors (Lipinski definition) is 0. The van der Waals surface area contributed by atoms with E-state index in [4.69, 9.17) is 14.7 Å². The fraction of sp³-hybridized carbons (Fsp3) is 0.304. The maximum atomic E-state index is 8.96. The van der Waals surface area contributed by atoms with Crippen molar-refractivity contribution >= 4 is 0 Å². The molecule has 0 aliphatic carbocycles. The van der Waals surface area contributed by atoms with Crippen LogP contribution in [-0.4, -0.2) is 35.2 Å². The molecular formula is C23H24N4O2. The molecule has 2 aromatic carbocycles. The van der Waals surface area contributed by atoms with Crippen molar-refractivity contribution in [1.29, 1.82) is 5.26 Å². The van der Waals surface area contributed by atoms with Crippen LogP contribution in [0.15, 0.2) is 48.9 Å². The number of methoxy groups -OCH3 is 2. The van der Waals surface area contributed by atoms with E-state index in [0.717, 1.165) is 49.7 Å². The van der Waals surface area contributed by atoms with Gasteiger partial charge in [-0.1, -0.05) is 12.1 Å². The van der Waals surface area contributed by atoms with E-state index in [1.54, 1.807) is 14.2 Å². The molecule has 1 aromatic heterocycles. The number of benzene rings is 2. The minimum atomic E-state index is 0.679. The summed E-state index contributed by atoms with van der Waals surface area (Å²) in [6, 6.07) is 14.1. The van der Waals surface area contributed by atoms with Gasteiger partial charge in [-0.2, -0.15) is 5.26 Å². The van der Waals surface area contributed by atoms with Crippen LogP contribution in [0.3, 0.4) is 0 Å². The van der Waals surface area contributed by atoms with E-state index in [-0.39, 0.29) is 0 Å². The Morgan fingerprint density at radius 2 is 1.76 bits per heavy atom. The van der Waals surface area contributed by atoms with Crippen molar-refractivity contribution in [3.8, 4) is 17.6 Å². The Morgan fingerprint density at radius 1 is 1.03 bits per heavy atom. The summed E-state index contributed by atoms with van der Waals surface area (Å²) < 4.78 is 13.1. The Labute approximate surface area is 170 Å². The first kappa shape index (κ1) is 19.0. The molecule has 6 nitrogen and oxygen atoms in total. The minimum Gasteiger partial charge on any atom is -0.493 e. The molecule has 0 N–H and O–H groups in total. The molecule has 0 atom stereocenters. The van der Waals surface area contributed by atoms with Gasteiger partial charge in [0.2, 0.25) is 0 Å². The Bertz CT molecular complexity index is 1030. The number of nitrogens with zero attached hydrogens (tertiary/aromatic N) is 4. The van der Waals surface area contributed by atoms with Crippen molar-refractivity contribution in [3.05, 3.63) is 76.9 Å². The van der Waals surface area contributed by atoms with Crippen LogP contribution in [0.4, 0.5) is 0 Å². The lowest BCUT2D eigenvalue weighted by atomic mass is 9.98. The summed E-state index contributed by atoms with van der Waals surface area (Å²) in [5, 5.41) is 8.96. The molecule has 1 aliphatic rings. The molecule has 148 valence electrons. The van der Waals surface area contributed by atoms with Crippen molar-refractivity contribution in [2.24, 2.45) is 0 Å². The summed E-state index contributed by atoms with van der Waals surface area (Å²) in [4.78, 5) is 6.79. The maximum absolute atomic E-state index is 8.96. The molecule has 0 unspecified atom stereocenters. The third kappa shape index (κ3) is 4.10. The first-order valence-corrected chi connectivity index (χ1v) is 9.64. The number of imidazole rings is 1. The van der Waals surface area contributed by atoms with Crippen LogP contribution in [0.2, 0.25) is 0 Å². The highest BCUT2D eigenvalue weighted by molar-refractivity contribution is 5.48. The van der Waals surface area contributed by atoms with Gasteiger partial charge in [-0.15, -0.1) is 0 Å². The van der Waals surface area contributed by atoms with Gasteiger partial charge in [-0.25, -0.2) is 4.98 Å². The van der Waals surface area contributed by atoms with Gasteiger partial charge in [0.15, 0.2) is 11.5 Å². The third-order valence-electron chi connectivity index (χ3n) is 5.42. The fourth-order valence-electron chi connectivity index (χ4n) is 3.81. The van der Waals surface area contributed by atoms with Gasteiger partial charge in [0.1, 0.15) is 0 Å². The third-order valence-corrected chi connectivity index (χ3v) is 5.42. The molecule has 0 bridgehead atoms. The van der Waals surface area contributed by atoms with E-state index in [1.807, 2.05) is 36.8 Å². The van der Waals surface area contributed by atoms with Gasteiger partial charge in [-0.3, -0.25) is 4.90 Å². The Morgan fingerprint density at radius 3 is 2.45 bits per heavy atom. The quantitative estimate of drug-likeness (QED) is 0.648. The molecule has 0 saturated heterocycles. The molecular weight excluding hydrogens is 364 g/mol. The molecule has 6 heteroatoms. The SMILES string of the molecule is COc1cc2c(cc1OC)CN(Cc1cncn1Cc1ccc(C#N)cc1)CC2. The molecule has 2 heterocycles. The minimum absolute atomic E-state index is 0.679. The summed E-state index contributed by atoms with van der Waals surface area (Å²) in [6.45, 7) is 3.45. The molecule has 29 heavy (non-hydrogen) atoms. The number of hydrogen-bond acceptors (Lipinski definition) is 5. The first-order valence-electron chi connectivity index (χ1n) is 9.64. The monoisotopic (exact) mass is 388 g/mol. The second kappa shape index (κ2) is 8.38. The summed E-state index contributed by atoms with van der Waals surface area (Å²) in [5.74, 6) is 1.57. The smallest absolute Gasteiger partial charge is 0.161 e. The highest BCUT2D eigenvalue weighted by Gasteiger charge is 2.20. The van der Waals surface area contributed by atoms with Crippen molar-refractivity contribution in [2.45, 2.75) is 26.1 Å². The highest BCUT2D eigenvalue weighted by atomic mass is 16.5. The summed E-state index contributed by atoms with van der Waals surface area (Å²) in [6.07, 6.45) is 4.80. The lowest BCUT2D eigenvalue weighted by Crippen LogP contribution is -2.31. The Kier molecular flexibility index (Phi) is 5.50. The molecule has 0 spiro atoms. The molecule has 3 aromatic rings. The number of fused-ring (bicyclic) bond motifs is 1. The maximum Gasteiger partial charge on any atom is 0.161 e. The Hall–Kier alpha value is -3.30. The Balaban J connectivity index is 1.47. The number of aromatic nitrogens is 2. The van der Waals surface area contributed by atoms with Gasteiger partial charge in [0, 0.05) is 32.4 Å². The second-order valence-corrected chi connectivity index (χ2v) is 7.26. The second-order valence-electron chi connectivity index (χ2n) is 7.26. The standard InChI is InChI=1S/C23H24N4O2/c1-28-22-9-19-7-8-26(14-20(19)10-23(22)29-2)15-21-12-25-16-27(21)13-18-5-3-17(11-24)4-6-18/h3-6,9-10,12,16H,7-8,13-15H2,1-2H3. The largest absolute Gasteiger partial charge is 0.493 e. The van der Waals surface area contributed by atoms with Gasteiger partial charge in [0.05, 0.1) is 37.9 Å². The molecule has 0 fully saturated rings. The lowest BCUT2D eigenvalue weighted by Gasteiger charge is -2.29. The van der Waals surface area contributed by atoms with E-state index in [0.29, 0.717) is 5.56 Å². The summed E-state index contributed by atoms with van der Waals surface area (Å²) in [5.41, 5.74) is 5.62. The van der Waals surface area contributed by atoms with Crippen molar-refractivity contribution in [1.82, 2.24) is 14.5 Å². The molecule has 0 radical (unpaired) electrons. The average molecular weight is 388 g/mol. The normalized spacial score (nSPS) is 13.6. The van der Waals surface area contributed by atoms with Crippen LogP contribution in [0, 0.1) is 11.3 Å². The van der Waals surface area contributed by atoms with Crippen LogP contribution in [0.1, 0.15) is 27.9 Å². The number of ether oxygens (including phenoxy) is 2. The van der Waals surface area contributed by atoms with Gasteiger partial charge >= 0.3 is 0 Å². The van der Waals surface area contributed by atoms with Crippen LogP contribution in [-0.2, 0) is 26.1 Å². The van der Waals surface area contributed by atoms with Crippen LogP contribution in [0.5, 0.6) is 11.5 Å². The van der Waals surface area contributed by atoms with Crippen LogP contribution < -0.4 is 9.47 Å². The van der Waals surface area contributed by atoms with Crippen LogP contribution in [0.25, 0.3) is 0 Å². The lowest BCUT2D eigenvalue weighted by molar-refractivity contribution is 0.238. The predicted molar refractivity (Wildman–Crippen MR) is 110 cm³/mol. The van der Waals surface area contributed by atoms with Gasteiger partial charge in [-0.05, 0) is 47.4 Å². The molecule has 1 aliphatic heterocycles. The van der Waals surface area contributed by atoms with E-state index >= 15 is 0 Å². The van der Waals surface area contributed by atoms with E-state index in [9.17, 15) is 0 Å². The van der Waals surface area contributed by atoms with Gasteiger partial charge < -0.3 is 14.0 Å². The van der Waals surface area contributed by atoms with Crippen molar-refractivity contribution in [2.75, 3.05) is 20.8 Å². The zero-order valence-corrected chi connectivity index (χ0v) is 16.8. The summed E-state index contributed by atoms with van der Waals surface area (Å²) in [7, 11) is 3.35. The number of nitriles is 1. The van der Waals surface area contributed by atoms with Crippen LogP contribution >= 0.6 is 0 Å². The van der Waals surface area contributed by atoms with Gasteiger partial charge in [0.25, 0.3) is 0 Å². The topological polar surface area (TPSA) is 63.3 Å². The summed E-state index contributed by atoms with van der Waals surface area (Å²) >= 11 is 0. The molecule has 0 saturated carbocycles. The molecule has 0 amide bonds. The molecule has 4 rings (SSSR count). The zero-order valence-electron chi connectivity index (χ0n) is 16.8. The van der Waals surface area contributed by atoms with Crippen molar-refractivity contribution in [3.63, 3.8) is 0 Å². The van der Waals surface area contributed by atoms with E-state index in [1.165, 1.54) is 16.8 Å². The zero-order chi connectivity index (χ0) is 20.2.